The normalized spacial score (nSPS) is 47.5. The molecule has 4 aliphatic carbocycles. The Labute approximate surface area is 189 Å². The Bertz CT molecular complexity index is 740. The summed E-state index contributed by atoms with van der Waals surface area (Å²) < 4.78 is 11.5. The van der Waals surface area contributed by atoms with Crippen LogP contribution in [0.15, 0.2) is 0 Å². The van der Waals surface area contributed by atoms with E-state index in [1.54, 1.807) is 0 Å². The highest BCUT2D eigenvalue weighted by Gasteiger charge is 2.69. The maximum absolute atomic E-state index is 11.9. The highest BCUT2D eigenvalue weighted by Crippen LogP contribution is 2.75. The summed E-state index contributed by atoms with van der Waals surface area (Å²) in [6.07, 6.45) is 6.26. The predicted molar refractivity (Wildman–Crippen MR) is 121 cm³/mol. The van der Waals surface area contributed by atoms with Gasteiger partial charge in [0, 0.05) is 13.8 Å². The van der Waals surface area contributed by atoms with Crippen molar-refractivity contribution >= 4 is 11.9 Å². The number of fused-ring (bicyclic) bond motifs is 4. The van der Waals surface area contributed by atoms with Gasteiger partial charge in [-0.15, -0.1) is 0 Å². The van der Waals surface area contributed by atoms with Crippen molar-refractivity contribution < 1.29 is 19.1 Å². The summed E-state index contributed by atoms with van der Waals surface area (Å²) in [4.78, 5) is 23.7. The summed E-state index contributed by atoms with van der Waals surface area (Å²) >= 11 is 0. The van der Waals surface area contributed by atoms with Crippen LogP contribution in [0.3, 0.4) is 0 Å². The molecule has 4 fully saturated rings. The summed E-state index contributed by atoms with van der Waals surface area (Å²) in [5.41, 5.74) is 0.881. The van der Waals surface area contributed by atoms with Crippen LogP contribution in [0.25, 0.3) is 0 Å². The fourth-order valence-electron chi connectivity index (χ4n) is 9.22. The van der Waals surface area contributed by atoms with Crippen molar-refractivity contribution in [3.8, 4) is 0 Å². The van der Waals surface area contributed by atoms with Crippen LogP contribution in [0.4, 0.5) is 0 Å². The molecule has 0 saturated heterocycles. The summed E-state index contributed by atoms with van der Waals surface area (Å²) in [7, 11) is 0. The van der Waals surface area contributed by atoms with E-state index in [-0.39, 0.29) is 29.6 Å². The number of ether oxygens (including phenoxy) is 2. The zero-order valence-corrected chi connectivity index (χ0v) is 21.0. The minimum Gasteiger partial charge on any atom is -0.459 e. The lowest BCUT2D eigenvalue weighted by atomic mass is 9.57. The lowest BCUT2D eigenvalue weighted by Crippen LogP contribution is -2.48. The molecule has 4 heteroatoms. The van der Waals surface area contributed by atoms with Crippen LogP contribution < -0.4 is 0 Å². The van der Waals surface area contributed by atoms with Gasteiger partial charge >= 0.3 is 11.9 Å². The molecule has 0 N–H and O–H groups in total. The lowest BCUT2D eigenvalue weighted by Gasteiger charge is -2.49. The molecular weight excluding hydrogens is 388 g/mol. The number of esters is 2. The highest BCUT2D eigenvalue weighted by atomic mass is 16.6. The molecule has 1 spiro atoms. The van der Waals surface area contributed by atoms with Gasteiger partial charge < -0.3 is 9.47 Å². The summed E-state index contributed by atoms with van der Waals surface area (Å²) in [5, 5.41) is 0. The van der Waals surface area contributed by atoms with Crippen molar-refractivity contribution in [2.45, 2.75) is 106 Å². The molecule has 0 heterocycles. The van der Waals surface area contributed by atoms with E-state index in [0.717, 1.165) is 36.5 Å². The standard InChI is InChI=1S/C27H44O4/c1-15-9-19-21(10-16(15)2)27(13-25(19,5)6)14-26(7,8)20-11-23(30-17(3)28)24(12-22(20)27)31-18(4)29/h15-16,19-24H,9-14H2,1-8H3. The summed E-state index contributed by atoms with van der Waals surface area (Å²) in [6, 6.07) is 0. The molecule has 0 radical (unpaired) electrons. The van der Waals surface area contributed by atoms with Crippen LogP contribution in [0.2, 0.25) is 0 Å². The largest absolute Gasteiger partial charge is 0.459 e. The molecule has 0 aromatic rings. The maximum Gasteiger partial charge on any atom is 0.303 e. The van der Waals surface area contributed by atoms with Crippen LogP contribution >= 0.6 is 0 Å². The van der Waals surface area contributed by atoms with Gasteiger partial charge in [-0.3, -0.25) is 9.59 Å². The van der Waals surface area contributed by atoms with Crippen LogP contribution in [0.5, 0.6) is 0 Å². The van der Waals surface area contributed by atoms with Crippen molar-refractivity contribution in [2.75, 3.05) is 0 Å². The Morgan fingerprint density at radius 3 is 1.45 bits per heavy atom. The fraction of sp³-hybridized carbons (Fsp3) is 0.926. The van der Waals surface area contributed by atoms with E-state index in [0.29, 0.717) is 22.7 Å². The van der Waals surface area contributed by atoms with Crippen molar-refractivity contribution in [2.24, 2.45) is 51.8 Å². The summed E-state index contributed by atoms with van der Waals surface area (Å²) in [6.45, 7) is 17.7. The van der Waals surface area contributed by atoms with E-state index < -0.39 is 0 Å². The van der Waals surface area contributed by atoms with E-state index in [1.165, 1.54) is 39.5 Å². The van der Waals surface area contributed by atoms with Gasteiger partial charge in [-0.25, -0.2) is 0 Å². The molecule has 31 heavy (non-hydrogen) atoms. The Morgan fingerprint density at radius 2 is 1.00 bits per heavy atom. The molecule has 9 atom stereocenters. The van der Waals surface area contributed by atoms with Gasteiger partial charge in [0.15, 0.2) is 0 Å². The van der Waals surface area contributed by atoms with E-state index in [9.17, 15) is 9.59 Å². The van der Waals surface area contributed by atoms with Gasteiger partial charge in [0.05, 0.1) is 0 Å². The van der Waals surface area contributed by atoms with Crippen molar-refractivity contribution in [1.82, 2.24) is 0 Å². The third-order valence-electron chi connectivity index (χ3n) is 10.3. The van der Waals surface area contributed by atoms with Gasteiger partial charge in [0.25, 0.3) is 0 Å². The van der Waals surface area contributed by atoms with Crippen LogP contribution in [-0.2, 0) is 19.1 Å². The smallest absolute Gasteiger partial charge is 0.303 e. The Kier molecular flexibility index (Phi) is 5.58. The topological polar surface area (TPSA) is 52.6 Å². The summed E-state index contributed by atoms with van der Waals surface area (Å²) in [5.74, 6) is 3.62. The van der Waals surface area contributed by atoms with Gasteiger partial charge in [-0.2, -0.15) is 0 Å². The van der Waals surface area contributed by atoms with Gasteiger partial charge in [0.1, 0.15) is 12.2 Å². The van der Waals surface area contributed by atoms with E-state index in [4.69, 9.17) is 9.47 Å². The molecule has 176 valence electrons. The third-order valence-corrected chi connectivity index (χ3v) is 10.3. The van der Waals surface area contributed by atoms with E-state index in [2.05, 4.69) is 41.5 Å². The SMILES string of the molecule is CC(=O)OC1CC2C(CC1OC(C)=O)C1(CC(C)(C)C3CC(C)C(C)CC31)CC2(C)C. The second-order valence-electron chi connectivity index (χ2n) is 13.2. The van der Waals surface area contributed by atoms with Crippen molar-refractivity contribution in [1.29, 1.82) is 0 Å². The fourth-order valence-corrected chi connectivity index (χ4v) is 9.22. The maximum atomic E-state index is 11.9. The minimum absolute atomic E-state index is 0.210. The van der Waals surface area contributed by atoms with Crippen LogP contribution in [0.1, 0.15) is 93.9 Å². The number of hydrogen-bond donors (Lipinski definition) is 0. The first kappa shape index (κ1) is 23.1. The average molecular weight is 433 g/mol. The molecule has 4 saturated carbocycles. The molecule has 0 bridgehead atoms. The molecule has 9 unspecified atom stereocenters. The number of carbonyl (C=O) groups excluding carboxylic acids is 2. The molecule has 0 amide bonds. The number of carbonyl (C=O) groups is 2. The quantitative estimate of drug-likeness (QED) is 0.501. The Hall–Kier alpha value is -1.06. The second kappa shape index (κ2) is 7.48. The van der Waals surface area contributed by atoms with Gasteiger partial charge in [-0.1, -0.05) is 41.5 Å². The minimum atomic E-state index is -0.312. The first-order chi connectivity index (χ1) is 14.3. The zero-order valence-electron chi connectivity index (χ0n) is 21.0. The van der Waals surface area contributed by atoms with Gasteiger partial charge in [-0.05, 0) is 90.3 Å². The zero-order chi connectivity index (χ0) is 22.9. The van der Waals surface area contributed by atoms with Gasteiger partial charge in [0.2, 0.25) is 0 Å². The molecular formula is C27H44O4. The van der Waals surface area contributed by atoms with E-state index >= 15 is 0 Å². The number of rotatable bonds is 2. The van der Waals surface area contributed by atoms with Crippen molar-refractivity contribution in [3.63, 3.8) is 0 Å². The number of hydrogen-bond acceptors (Lipinski definition) is 4. The first-order valence-corrected chi connectivity index (χ1v) is 12.6. The predicted octanol–water partition coefficient (Wildman–Crippen LogP) is 6.02. The monoisotopic (exact) mass is 432 g/mol. The molecule has 4 rings (SSSR count). The first-order valence-electron chi connectivity index (χ1n) is 12.6. The molecule has 0 aliphatic heterocycles. The molecule has 4 aliphatic rings. The lowest BCUT2D eigenvalue weighted by molar-refractivity contribution is -0.177. The molecule has 0 aromatic heterocycles. The third kappa shape index (κ3) is 3.74. The highest BCUT2D eigenvalue weighted by molar-refractivity contribution is 5.67. The molecule has 0 aromatic carbocycles. The average Bonchev–Trinajstić information content (AvgIpc) is 2.95. The Balaban J connectivity index is 1.72. The van der Waals surface area contributed by atoms with Crippen LogP contribution in [-0.4, -0.2) is 24.1 Å². The van der Waals surface area contributed by atoms with Crippen molar-refractivity contribution in [3.05, 3.63) is 0 Å². The molecule has 4 nitrogen and oxygen atoms in total. The Morgan fingerprint density at radius 1 is 0.645 bits per heavy atom. The van der Waals surface area contributed by atoms with Crippen LogP contribution in [0, 0.1) is 51.8 Å². The second-order valence-corrected chi connectivity index (χ2v) is 13.2. The van der Waals surface area contributed by atoms with E-state index in [1.807, 2.05) is 0 Å².